The second kappa shape index (κ2) is 8.97. The molecule has 0 aliphatic carbocycles. The van der Waals surface area contributed by atoms with E-state index in [4.69, 9.17) is 0 Å². The maximum absolute atomic E-state index is 12.6. The summed E-state index contributed by atoms with van der Waals surface area (Å²) in [5.74, 6) is 0.312. The van der Waals surface area contributed by atoms with Crippen molar-refractivity contribution in [2.24, 2.45) is 5.92 Å². The zero-order chi connectivity index (χ0) is 21.1. The molecule has 30 heavy (non-hydrogen) atoms. The highest BCUT2D eigenvalue weighted by Gasteiger charge is 2.20. The zero-order valence-electron chi connectivity index (χ0n) is 17.0. The first-order valence-electron chi connectivity index (χ1n) is 10.3. The van der Waals surface area contributed by atoms with Gasteiger partial charge in [-0.15, -0.1) is 11.3 Å². The number of hydrogen-bond donors (Lipinski definition) is 2. The Balaban J connectivity index is 1.35. The highest BCUT2D eigenvalue weighted by Crippen LogP contribution is 2.20. The van der Waals surface area contributed by atoms with E-state index in [-0.39, 0.29) is 5.91 Å². The quantitative estimate of drug-likeness (QED) is 0.593. The minimum Gasteiger partial charge on any atom is -0.352 e. The molecule has 0 radical (unpaired) electrons. The first kappa shape index (κ1) is 20.6. The number of aromatic amines is 1. The van der Waals surface area contributed by atoms with Gasteiger partial charge in [-0.2, -0.15) is 0 Å². The third-order valence-electron chi connectivity index (χ3n) is 5.77. The van der Waals surface area contributed by atoms with E-state index in [2.05, 4.69) is 32.7 Å². The number of piperidine rings is 1. The maximum atomic E-state index is 12.6. The Morgan fingerprint density at radius 2 is 2.03 bits per heavy atom. The normalized spacial score (nSPS) is 15.5. The van der Waals surface area contributed by atoms with Gasteiger partial charge in [0.15, 0.2) is 0 Å². The number of amides is 1. The molecule has 4 rings (SSSR count). The third-order valence-corrected chi connectivity index (χ3v) is 6.63. The molecule has 158 valence electrons. The second-order valence-electron chi connectivity index (χ2n) is 7.74. The lowest BCUT2D eigenvalue weighted by Gasteiger charge is -2.31. The van der Waals surface area contributed by atoms with Crippen LogP contribution in [0.15, 0.2) is 45.3 Å². The summed E-state index contributed by atoms with van der Waals surface area (Å²) in [4.78, 5) is 42.9. The number of benzene rings is 1. The number of H-pyrrole nitrogens is 1. The van der Waals surface area contributed by atoms with Gasteiger partial charge in [0.05, 0.1) is 11.0 Å². The Bertz CT molecular complexity index is 1140. The van der Waals surface area contributed by atoms with Crippen LogP contribution in [0.1, 0.15) is 35.0 Å². The van der Waals surface area contributed by atoms with Gasteiger partial charge in [0.2, 0.25) is 0 Å². The molecule has 1 fully saturated rings. The van der Waals surface area contributed by atoms with Gasteiger partial charge in [-0.3, -0.25) is 19.3 Å². The molecular formula is C22H26N4O3S. The van der Waals surface area contributed by atoms with Crippen molar-refractivity contribution in [1.29, 1.82) is 0 Å². The highest BCUT2D eigenvalue weighted by atomic mass is 32.1. The van der Waals surface area contributed by atoms with Crippen molar-refractivity contribution in [3.8, 4) is 0 Å². The van der Waals surface area contributed by atoms with Gasteiger partial charge in [-0.25, -0.2) is 0 Å². The molecule has 0 bridgehead atoms. The minimum absolute atomic E-state index is 0.159. The Labute approximate surface area is 178 Å². The fraction of sp³-hybridized carbons (Fsp3) is 0.409. The van der Waals surface area contributed by atoms with Gasteiger partial charge in [0.25, 0.3) is 5.91 Å². The molecule has 1 aromatic carbocycles. The Hall–Kier alpha value is -2.71. The topological polar surface area (TPSA) is 87.2 Å². The Morgan fingerprint density at radius 1 is 1.23 bits per heavy atom. The van der Waals surface area contributed by atoms with Crippen LogP contribution in [0.3, 0.4) is 0 Å². The number of aromatic nitrogens is 2. The summed E-state index contributed by atoms with van der Waals surface area (Å²) in [6, 6.07) is 9.32. The van der Waals surface area contributed by atoms with Crippen LogP contribution in [0.25, 0.3) is 11.0 Å². The number of rotatable bonds is 6. The number of nitrogens with one attached hydrogen (secondary N) is 2. The fourth-order valence-electron chi connectivity index (χ4n) is 4.05. The van der Waals surface area contributed by atoms with Gasteiger partial charge in [0, 0.05) is 30.1 Å². The molecular weight excluding hydrogens is 400 g/mol. The lowest BCUT2D eigenvalue weighted by molar-refractivity contribution is 0.0935. The first-order valence-corrected chi connectivity index (χ1v) is 11.2. The number of nitrogens with zero attached hydrogens (tertiary/aromatic N) is 2. The van der Waals surface area contributed by atoms with E-state index in [1.54, 1.807) is 29.5 Å². The summed E-state index contributed by atoms with van der Waals surface area (Å²) in [5.41, 5.74) is 0.353. The molecule has 8 heteroatoms. The smallest absolute Gasteiger partial charge is 0.316 e. The van der Waals surface area contributed by atoms with E-state index in [9.17, 15) is 14.4 Å². The predicted octanol–water partition coefficient (Wildman–Crippen LogP) is 2.41. The van der Waals surface area contributed by atoms with Crippen molar-refractivity contribution in [3.05, 3.63) is 66.9 Å². The zero-order valence-corrected chi connectivity index (χ0v) is 17.8. The van der Waals surface area contributed by atoms with Crippen molar-refractivity contribution in [2.45, 2.75) is 32.9 Å². The van der Waals surface area contributed by atoms with Crippen LogP contribution >= 0.6 is 11.3 Å². The molecule has 0 spiro atoms. The number of likely N-dealkylation sites (tertiary alicyclic amines) is 1. The van der Waals surface area contributed by atoms with Crippen LogP contribution in [0, 0.1) is 5.92 Å². The molecule has 2 N–H and O–H groups in total. The fourth-order valence-corrected chi connectivity index (χ4v) is 4.79. The molecule has 0 unspecified atom stereocenters. The molecule has 2 aromatic heterocycles. The Kier molecular flexibility index (Phi) is 6.15. The predicted molar refractivity (Wildman–Crippen MR) is 119 cm³/mol. The number of carbonyl (C=O) groups is 1. The summed E-state index contributed by atoms with van der Waals surface area (Å²) >= 11 is 1.79. The average molecular weight is 427 g/mol. The third kappa shape index (κ3) is 4.39. The number of carbonyl (C=O) groups excluding carboxylic acids is 1. The highest BCUT2D eigenvalue weighted by molar-refractivity contribution is 7.09. The average Bonchev–Trinajstić information content (AvgIpc) is 3.27. The van der Waals surface area contributed by atoms with Gasteiger partial charge in [0.1, 0.15) is 0 Å². The Morgan fingerprint density at radius 3 is 2.73 bits per heavy atom. The molecule has 1 saturated heterocycles. The van der Waals surface area contributed by atoms with Gasteiger partial charge < -0.3 is 14.9 Å². The number of thiophene rings is 1. The second-order valence-corrected chi connectivity index (χ2v) is 8.78. The summed E-state index contributed by atoms with van der Waals surface area (Å²) in [6.07, 6.45) is 2.14. The molecule has 3 aromatic rings. The molecule has 1 amide bonds. The van der Waals surface area contributed by atoms with E-state index in [1.165, 1.54) is 9.44 Å². The summed E-state index contributed by atoms with van der Waals surface area (Å²) < 4.78 is 1.42. The van der Waals surface area contributed by atoms with Gasteiger partial charge >= 0.3 is 11.1 Å². The van der Waals surface area contributed by atoms with Gasteiger partial charge in [-0.1, -0.05) is 6.07 Å². The van der Waals surface area contributed by atoms with Crippen LogP contribution in [-0.2, 0) is 13.1 Å². The van der Waals surface area contributed by atoms with Crippen molar-refractivity contribution in [2.75, 3.05) is 19.6 Å². The maximum Gasteiger partial charge on any atom is 0.316 e. The SMILES string of the molecule is CCn1c(=O)c(=O)[nH]c2cc(C(=O)NCC3CCN(Cc4cccs4)CC3)ccc21. The van der Waals surface area contributed by atoms with Crippen LogP contribution in [0.2, 0.25) is 0 Å². The van der Waals surface area contributed by atoms with Crippen LogP contribution in [0.4, 0.5) is 0 Å². The van der Waals surface area contributed by atoms with Crippen molar-refractivity contribution < 1.29 is 4.79 Å². The number of hydrogen-bond acceptors (Lipinski definition) is 5. The molecule has 7 nitrogen and oxygen atoms in total. The molecule has 1 aliphatic rings. The van der Waals surface area contributed by atoms with E-state index >= 15 is 0 Å². The number of fused-ring (bicyclic) bond motifs is 1. The molecule has 1 aliphatic heterocycles. The van der Waals surface area contributed by atoms with Crippen molar-refractivity contribution in [1.82, 2.24) is 19.8 Å². The van der Waals surface area contributed by atoms with Crippen LogP contribution in [-0.4, -0.2) is 40.0 Å². The summed E-state index contributed by atoms with van der Waals surface area (Å²) in [7, 11) is 0. The largest absolute Gasteiger partial charge is 0.352 e. The van der Waals surface area contributed by atoms with Crippen molar-refractivity contribution in [3.63, 3.8) is 0 Å². The van der Waals surface area contributed by atoms with E-state index in [1.807, 2.05) is 6.92 Å². The van der Waals surface area contributed by atoms with Gasteiger partial charge in [-0.05, 0) is 68.4 Å². The van der Waals surface area contributed by atoms with Crippen molar-refractivity contribution >= 4 is 28.3 Å². The van der Waals surface area contributed by atoms with E-state index < -0.39 is 11.1 Å². The summed E-state index contributed by atoms with van der Waals surface area (Å²) in [6.45, 7) is 5.96. The molecule has 0 saturated carbocycles. The number of aryl methyl sites for hydroxylation is 1. The van der Waals surface area contributed by atoms with E-state index in [0.717, 1.165) is 32.5 Å². The molecule has 0 atom stereocenters. The molecule has 3 heterocycles. The standard InChI is InChI=1S/C22H26N4O3S/c1-2-26-19-6-5-16(12-18(19)24-21(28)22(26)29)20(27)23-13-15-7-9-25(10-8-15)14-17-4-3-11-30-17/h3-6,11-12,15H,2,7-10,13-14H2,1H3,(H,23,27)(H,24,28). The van der Waals surface area contributed by atoms with Crippen LogP contribution in [0.5, 0.6) is 0 Å². The first-order chi connectivity index (χ1) is 14.5. The summed E-state index contributed by atoms with van der Waals surface area (Å²) in [5, 5.41) is 5.14. The lowest BCUT2D eigenvalue weighted by atomic mass is 9.96. The van der Waals surface area contributed by atoms with Crippen LogP contribution < -0.4 is 16.4 Å². The minimum atomic E-state index is -0.670. The van der Waals surface area contributed by atoms with E-state index in [0.29, 0.717) is 35.6 Å². The lowest BCUT2D eigenvalue weighted by Crippen LogP contribution is -2.38. The monoisotopic (exact) mass is 426 g/mol.